The van der Waals surface area contributed by atoms with Crippen LogP contribution >= 0.6 is 0 Å². The van der Waals surface area contributed by atoms with Crippen LogP contribution in [0.4, 0.5) is 4.79 Å². The lowest BCUT2D eigenvalue weighted by Gasteiger charge is -2.40. The first-order chi connectivity index (χ1) is 13.6. The highest BCUT2D eigenvalue weighted by atomic mass is 16.6. The van der Waals surface area contributed by atoms with Crippen molar-refractivity contribution in [2.45, 2.75) is 31.7 Å². The average Bonchev–Trinajstić information content (AvgIpc) is 3.07. The van der Waals surface area contributed by atoms with Crippen LogP contribution in [0.3, 0.4) is 0 Å². The molecule has 0 radical (unpaired) electrons. The number of rotatable bonds is 6. The van der Waals surface area contributed by atoms with Gasteiger partial charge in [0.05, 0.1) is 11.7 Å². The molecule has 1 aromatic heterocycles. The second-order valence-corrected chi connectivity index (χ2v) is 7.23. The monoisotopic (exact) mass is 381 g/mol. The molecule has 7 nitrogen and oxygen atoms in total. The number of cyclic esters (lactones) is 1. The molecule has 2 aliphatic rings. The van der Waals surface area contributed by atoms with Crippen LogP contribution in [0.2, 0.25) is 0 Å². The summed E-state index contributed by atoms with van der Waals surface area (Å²) in [5.41, 5.74) is 2.05. The number of hydrogen-bond acceptors (Lipinski definition) is 5. The molecule has 3 heterocycles. The van der Waals surface area contributed by atoms with Gasteiger partial charge in [-0.2, -0.15) is 0 Å². The summed E-state index contributed by atoms with van der Waals surface area (Å²) in [6.45, 7) is 3.72. The van der Waals surface area contributed by atoms with E-state index in [4.69, 9.17) is 9.47 Å². The zero-order valence-electron chi connectivity index (χ0n) is 15.8. The SMILES string of the molecule is Cc1ncccc1Oc1ccc(C2CN(C(=O)CCC3COC(=O)N3)C2)cc1. The van der Waals surface area contributed by atoms with Crippen LogP contribution in [0.1, 0.15) is 30.0 Å². The van der Waals surface area contributed by atoms with Crippen molar-refractivity contribution in [1.82, 2.24) is 15.2 Å². The normalized spacial score (nSPS) is 19.0. The van der Waals surface area contributed by atoms with E-state index in [1.54, 1.807) is 6.20 Å². The summed E-state index contributed by atoms with van der Waals surface area (Å²) in [4.78, 5) is 29.4. The van der Waals surface area contributed by atoms with Gasteiger partial charge in [-0.15, -0.1) is 0 Å². The lowest BCUT2D eigenvalue weighted by atomic mass is 9.91. The minimum atomic E-state index is -0.396. The zero-order valence-corrected chi connectivity index (χ0v) is 15.8. The van der Waals surface area contributed by atoms with E-state index in [2.05, 4.69) is 22.4 Å². The molecule has 146 valence electrons. The second kappa shape index (κ2) is 7.88. The van der Waals surface area contributed by atoms with Gasteiger partial charge in [0.25, 0.3) is 0 Å². The van der Waals surface area contributed by atoms with Crippen LogP contribution in [-0.4, -0.2) is 47.6 Å². The number of alkyl carbamates (subject to hydrolysis) is 1. The minimum absolute atomic E-state index is 0.0514. The Bertz CT molecular complexity index is 862. The number of ether oxygens (including phenoxy) is 2. The van der Waals surface area contributed by atoms with E-state index in [1.165, 1.54) is 5.56 Å². The maximum atomic E-state index is 12.3. The standard InChI is InChI=1S/C21H23N3O4/c1-14-19(3-2-10-22-14)28-18-7-4-15(5-8-18)16-11-24(12-16)20(25)9-6-17-13-27-21(26)23-17/h2-5,7-8,10,16-17H,6,9,11-13H2,1H3,(H,23,26). The molecule has 2 saturated heterocycles. The molecule has 0 spiro atoms. The third-order valence-corrected chi connectivity index (χ3v) is 5.22. The summed E-state index contributed by atoms with van der Waals surface area (Å²) >= 11 is 0. The highest BCUT2D eigenvalue weighted by Gasteiger charge is 2.32. The number of carbonyl (C=O) groups is 2. The fourth-order valence-electron chi connectivity index (χ4n) is 3.44. The molecule has 1 N–H and O–H groups in total. The van der Waals surface area contributed by atoms with Crippen molar-refractivity contribution in [1.29, 1.82) is 0 Å². The molecular formula is C21H23N3O4. The van der Waals surface area contributed by atoms with Gasteiger partial charge in [-0.3, -0.25) is 9.78 Å². The Morgan fingerprint density at radius 3 is 2.75 bits per heavy atom. The van der Waals surface area contributed by atoms with Gasteiger partial charge in [-0.05, 0) is 43.2 Å². The molecule has 2 aromatic rings. The largest absolute Gasteiger partial charge is 0.455 e. The summed E-state index contributed by atoms with van der Waals surface area (Å²) in [6, 6.07) is 11.7. The van der Waals surface area contributed by atoms with Gasteiger partial charge in [0, 0.05) is 31.6 Å². The predicted octanol–water partition coefficient (Wildman–Crippen LogP) is 3.00. The number of aryl methyl sites for hydroxylation is 1. The van der Waals surface area contributed by atoms with Crippen molar-refractivity contribution in [2.24, 2.45) is 0 Å². The topological polar surface area (TPSA) is 80.8 Å². The average molecular weight is 381 g/mol. The van der Waals surface area contributed by atoms with Crippen molar-refractivity contribution in [3.05, 3.63) is 53.9 Å². The van der Waals surface area contributed by atoms with Gasteiger partial charge >= 0.3 is 6.09 Å². The van der Waals surface area contributed by atoms with Crippen LogP contribution in [0, 0.1) is 6.92 Å². The molecule has 4 rings (SSSR count). The number of aromatic nitrogens is 1. The molecule has 28 heavy (non-hydrogen) atoms. The number of nitrogens with one attached hydrogen (secondary N) is 1. The van der Waals surface area contributed by atoms with E-state index >= 15 is 0 Å². The van der Waals surface area contributed by atoms with E-state index in [0.29, 0.717) is 25.4 Å². The van der Waals surface area contributed by atoms with E-state index in [9.17, 15) is 9.59 Å². The fourth-order valence-corrected chi connectivity index (χ4v) is 3.44. The molecule has 2 fully saturated rings. The molecule has 1 unspecified atom stereocenters. The molecule has 0 saturated carbocycles. The molecule has 1 aromatic carbocycles. The molecule has 2 aliphatic heterocycles. The Labute approximate surface area is 163 Å². The van der Waals surface area contributed by atoms with E-state index in [0.717, 1.165) is 30.3 Å². The molecule has 1 atom stereocenters. The number of pyridine rings is 1. The highest BCUT2D eigenvalue weighted by molar-refractivity contribution is 5.77. The van der Waals surface area contributed by atoms with Crippen molar-refractivity contribution < 1.29 is 19.1 Å². The fraction of sp³-hybridized carbons (Fsp3) is 0.381. The summed E-state index contributed by atoms with van der Waals surface area (Å²) in [6.07, 6.45) is 2.39. The molecule has 7 heteroatoms. The minimum Gasteiger partial charge on any atom is -0.455 e. The third kappa shape index (κ3) is 4.08. The van der Waals surface area contributed by atoms with Crippen molar-refractivity contribution in [2.75, 3.05) is 19.7 Å². The third-order valence-electron chi connectivity index (χ3n) is 5.22. The van der Waals surface area contributed by atoms with Crippen molar-refractivity contribution >= 4 is 12.0 Å². The van der Waals surface area contributed by atoms with Crippen LogP contribution in [-0.2, 0) is 9.53 Å². The number of amides is 2. The van der Waals surface area contributed by atoms with Gasteiger partial charge in [0.2, 0.25) is 5.91 Å². The Morgan fingerprint density at radius 1 is 1.29 bits per heavy atom. The quantitative estimate of drug-likeness (QED) is 0.832. The number of nitrogens with zero attached hydrogens (tertiary/aromatic N) is 2. The molecule has 0 aliphatic carbocycles. The predicted molar refractivity (Wildman–Crippen MR) is 102 cm³/mol. The van der Waals surface area contributed by atoms with Gasteiger partial charge in [-0.1, -0.05) is 12.1 Å². The van der Waals surface area contributed by atoms with Crippen LogP contribution in [0.5, 0.6) is 11.5 Å². The van der Waals surface area contributed by atoms with Gasteiger partial charge < -0.3 is 19.7 Å². The van der Waals surface area contributed by atoms with Crippen LogP contribution < -0.4 is 10.1 Å². The van der Waals surface area contributed by atoms with Crippen LogP contribution in [0.25, 0.3) is 0 Å². The van der Waals surface area contributed by atoms with Gasteiger partial charge in [0.1, 0.15) is 18.1 Å². The second-order valence-electron chi connectivity index (χ2n) is 7.23. The number of likely N-dealkylation sites (tertiary alicyclic amines) is 1. The Balaban J connectivity index is 1.24. The zero-order chi connectivity index (χ0) is 19.5. The molecule has 0 bridgehead atoms. The van der Waals surface area contributed by atoms with Gasteiger partial charge in [-0.25, -0.2) is 4.79 Å². The number of benzene rings is 1. The number of hydrogen-bond donors (Lipinski definition) is 1. The first-order valence-electron chi connectivity index (χ1n) is 9.49. The maximum Gasteiger partial charge on any atom is 0.407 e. The van der Waals surface area contributed by atoms with Crippen LogP contribution in [0.15, 0.2) is 42.6 Å². The Morgan fingerprint density at radius 2 is 2.07 bits per heavy atom. The molecule has 2 amide bonds. The molecular weight excluding hydrogens is 358 g/mol. The first kappa shape index (κ1) is 18.3. The lowest BCUT2D eigenvalue weighted by Crippen LogP contribution is -2.48. The van der Waals surface area contributed by atoms with E-state index in [1.807, 2.05) is 36.1 Å². The first-order valence-corrected chi connectivity index (χ1v) is 9.49. The Kier molecular flexibility index (Phi) is 5.14. The maximum absolute atomic E-state index is 12.3. The van der Waals surface area contributed by atoms with Gasteiger partial charge in [0.15, 0.2) is 0 Å². The summed E-state index contributed by atoms with van der Waals surface area (Å²) < 4.78 is 10.7. The smallest absolute Gasteiger partial charge is 0.407 e. The summed E-state index contributed by atoms with van der Waals surface area (Å²) in [5.74, 6) is 2.00. The summed E-state index contributed by atoms with van der Waals surface area (Å²) in [7, 11) is 0. The Hall–Kier alpha value is -3.09. The lowest BCUT2D eigenvalue weighted by molar-refractivity contribution is -0.135. The van der Waals surface area contributed by atoms with Crippen molar-refractivity contribution in [3.8, 4) is 11.5 Å². The summed E-state index contributed by atoms with van der Waals surface area (Å²) in [5, 5.41) is 2.70. The highest BCUT2D eigenvalue weighted by Crippen LogP contribution is 2.30. The van der Waals surface area contributed by atoms with Crippen molar-refractivity contribution in [3.63, 3.8) is 0 Å². The van der Waals surface area contributed by atoms with E-state index < -0.39 is 6.09 Å². The van der Waals surface area contributed by atoms with E-state index in [-0.39, 0.29) is 11.9 Å². The number of carbonyl (C=O) groups excluding carboxylic acids is 2.